The normalized spacial score (nSPS) is 13.9. The second-order valence-electron chi connectivity index (χ2n) is 7.13. The van der Waals surface area contributed by atoms with E-state index in [-0.39, 0.29) is 18.4 Å². The molecular weight excluding hydrogens is 368 g/mol. The van der Waals surface area contributed by atoms with Crippen LogP contribution in [0.15, 0.2) is 42.5 Å². The van der Waals surface area contributed by atoms with Crippen LogP contribution in [-0.4, -0.2) is 61.5 Å². The molecule has 0 aliphatic carbocycles. The Balaban J connectivity index is 1.56. The second kappa shape index (κ2) is 9.45. The van der Waals surface area contributed by atoms with Gasteiger partial charge in [-0.25, -0.2) is 0 Å². The number of carbonyl (C=O) groups excluding carboxylic acids is 2. The van der Waals surface area contributed by atoms with E-state index in [2.05, 4.69) is 0 Å². The van der Waals surface area contributed by atoms with Gasteiger partial charge >= 0.3 is 0 Å². The third-order valence-electron chi connectivity index (χ3n) is 5.18. The van der Waals surface area contributed by atoms with Crippen molar-refractivity contribution in [2.24, 2.45) is 0 Å². The summed E-state index contributed by atoms with van der Waals surface area (Å²) in [7, 11) is 1.59. The van der Waals surface area contributed by atoms with E-state index in [0.717, 1.165) is 17.5 Å². The monoisotopic (exact) mass is 396 g/mol. The van der Waals surface area contributed by atoms with Gasteiger partial charge in [-0.15, -0.1) is 0 Å². The fourth-order valence-corrected chi connectivity index (χ4v) is 3.54. The summed E-state index contributed by atoms with van der Waals surface area (Å²) in [6.07, 6.45) is 0.799. The second-order valence-corrected chi connectivity index (χ2v) is 7.13. The summed E-state index contributed by atoms with van der Waals surface area (Å²) in [6.45, 7) is 6.01. The quantitative estimate of drug-likeness (QED) is 0.753. The summed E-state index contributed by atoms with van der Waals surface area (Å²) in [5.74, 6) is 1.21. The Bertz CT molecular complexity index is 873. The van der Waals surface area contributed by atoms with Crippen molar-refractivity contribution in [2.75, 3.05) is 39.9 Å². The lowest BCUT2D eigenvalue weighted by atomic mass is 10.1. The lowest BCUT2D eigenvalue weighted by molar-refractivity contribution is -0.134. The fraction of sp³-hybridized carbons (Fsp3) is 0.391. The molecule has 2 amide bonds. The molecule has 2 aromatic rings. The summed E-state index contributed by atoms with van der Waals surface area (Å²) < 4.78 is 11.1. The molecule has 0 bridgehead atoms. The van der Waals surface area contributed by atoms with Crippen LogP contribution in [0.3, 0.4) is 0 Å². The summed E-state index contributed by atoms with van der Waals surface area (Å²) in [5.41, 5.74) is 2.68. The Morgan fingerprint density at radius 1 is 1.00 bits per heavy atom. The number of carbonyl (C=O) groups is 2. The van der Waals surface area contributed by atoms with Crippen LogP contribution >= 0.6 is 0 Å². The van der Waals surface area contributed by atoms with Crippen LogP contribution in [0.25, 0.3) is 0 Å². The molecule has 0 N–H and O–H groups in total. The maximum Gasteiger partial charge on any atom is 0.260 e. The molecule has 3 rings (SSSR count). The van der Waals surface area contributed by atoms with Gasteiger partial charge in [0, 0.05) is 26.2 Å². The van der Waals surface area contributed by atoms with Gasteiger partial charge in [-0.1, -0.05) is 31.2 Å². The molecule has 0 saturated carbocycles. The lowest BCUT2D eigenvalue weighted by Gasteiger charge is -2.35. The zero-order valence-corrected chi connectivity index (χ0v) is 17.3. The Morgan fingerprint density at radius 2 is 1.69 bits per heavy atom. The molecule has 6 nitrogen and oxygen atoms in total. The van der Waals surface area contributed by atoms with Crippen molar-refractivity contribution in [2.45, 2.75) is 20.3 Å². The molecule has 6 heteroatoms. The van der Waals surface area contributed by atoms with Crippen molar-refractivity contribution in [3.05, 3.63) is 59.2 Å². The number of hydrogen-bond acceptors (Lipinski definition) is 4. The van der Waals surface area contributed by atoms with Crippen LogP contribution in [0.2, 0.25) is 0 Å². The first-order chi connectivity index (χ1) is 14.0. The van der Waals surface area contributed by atoms with Crippen molar-refractivity contribution in [3.8, 4) is 11.5 Å². The number of aryl methyl sites for hydroxylation is 2. The minimum Gasteiger partial charge on any atom is -0.496 e. The molecule has 0 spiro atoms. The highest BCUT2D eigenvalue weighted by molar-refractivity contribution is 5.97. The van der Waals surface area contributed by atoms with Gasteiger partial charge in [0.2, 0.25) is 0 Å². The predicted octanol–water partition coefficient (Wildman–Crippen LogP) is 2.93. The Morgan fingerprint density at radius 3 is 2.34 bits per heavy atom. The predicted molar refractivity (Wildman–Crippen MR) is 112 cm³/mol. The van der Waals surface area contributed by atoms with Crippen molar-refractivity contribution >= 4 is 11.8 Å². The molecule has 1 aliphatic heterocycles. The first-order valence-electron chi connectivity index (χ1n) is 9.96. The number of ether oxygens (including phenoxy) is 2. The number of amides is 2. The summed E-state index contributed by atoms with van der Waals surface area (Å²) in [6, 6.07) is 13.3. The van der Waals surface area contributed by atoms with Gasteiger partial charge in [0.15, 0.2) is 6.61 Å². The molecule has 0 aromatic heterocycles. The highest BCUT2D eigenvalue weighted by Crippen LogP contribution is 2.26. The number of benzene rings is 2. The van der Waals surface area contributed by atoms with E-state index in [4.69, 9.17) is 9.47 Å². The zero-order chi connectivity index (χ0) is 20.8. The van der Waals surface area contributed by atoms with Crippen LogP contribution in [0, 0.1) is 6.92 Å². The SMILES string of the molecule is CCc1cccc(C(=O)N2CCN(C(=O)COc3cccc(C)c3)CC2)c1OC. The topological polar surface area (TPSA) is 59.1 Å². The van der Waals surface area contributed by atoms with E-state index < -0.39 is 0 Å². The third kappa shape index (κ3) is 4.88. The van der Waals surface area contributed by atoms with Crippen LogP contribution < -0.4 is 9.47 Å². The molecular formula is C23H28N2O4. The Labute approximate surface area is 172 Å². The Hall–Kier alpha value is -3.02. The summed E-state index contributed by atoms with van der Waals surface area (Å²) in [4.78, 5) is 29.0. The van der Waals surface area contributed by atoms with Gasteiger partial charge < -0.3 is 19.3 Å². The standard InChI is InChI=1S/C23H28N2O4/c1-4-18-8-6-10-20(22(18)28-3)23(27)25-13-11-24(12-14-25)21(26)16-29-19-9-5-7-17(2)15-19/h5-10,15H,4,11-14,16H2,1-3H3. The number of rotatable bonds is 6. The van der Waals surface area contributed by atoms with E-state index in [9.17, 15) is 9.59 Å². The van der Waals surface area contributed by atoms with E-state index in [1.165, 1.54) is 0 Å². The number of hydrogen-bond donors (Lipinski definition) is 0. The van der Waals surface area contributed by atoms with Crippen LogP contribution in [0.4, 0.5) is 0 Å². The van der Waals surface area contributed by atoms with E-state index in [1.54, 1.807) is 23.0 Å². The molecule has 1 fully saturated rings. The van der Waals surface area contributed by atoms with Gasteiger partial charge in [0.1, 0.15) is 11.5 Å². The lowest BCUT2D eigenvalue weighted by Crippen LogP contribution is -2.51. The zero-order valence-electron chi connectivity index (χ0n) is 17.3. The molecule has 1 aliphatic rings. The maximum atomic E-state index is 13.0. The van der Waals surface area contributed by atoms with Gasteiger partial charge in [0.25, 0.3) is 11.8 Å². The molecule has 154 valence electrons. The first-order valence-corrected chi connectivity index (χ1v) is 9.96. The average Bonchev–Trinajstić information content (AvgIpc) is 2.76. The molecule has 0 radical (unpaired) electrons. The smallest absolute Gasteiger partial charge is 0.260 e. The molecule has 2 aromatic carbocycles. The van der Waals surface area contributed by atoms with Crippen LogP contribution in [0.5, 0.6) is 11.5 Å². The van der Waals surface area contributed by atoms with Crippen molar-refractivity contribution < 1.29 is 19.1 Å². The Kier molecular flexibility index (Phi) is 6.75. The largest absolute Gasteiger partial charge is 0.496 e. The third-order valence-corrected chi connectivity index (χ3v) is 5.18. The minimum atomic E-state index is -0.0656. The minimum absolute atomic E-state index is 0.00374. The highest BCUT2D eigenvalue weighted by atomic mass is 16.5. The van der Waals surface area contributed by atoms with Crippen LogP contribution in [-0.2, 0) is 11.2 Å². The number of methoxy groups -OCH3 is 1. The van der Waals surface area contributed by atoms with E-state index in [1.807, 2.05) is 50.2 Å². The van der Waals surface area contributed by atoms with Gasteiger partial charge in [0.05, 0.1) is 12.7 Å². The van der Waals surface area contributed by atoms with Gasteiger partial charge in [-0.2, -0.15) is 0 Å². The summed E-state index contributed by atoms with van der Waals surface area (Å²) in [5, 5.41) is 0. The molecule has 1 heterocycles. The van der Waals surface area contributed by atoms with Gasteiger partial charge in [-0.05, 0) is 42.7 Å². The highest BCUT2D eigenvalue weighted by Gasteiger charge is 2.27. The van der Waals surface area contributed by atoms with Crippen molar-refractivity contribution in [3.63, 3.8) is 0 Å². The number of piperazine rings is 1. The van der Waals surface area contributed by atoms with Gasteiger partial charge in [-0.3, -0.25) is 9.59 Å². The maximum absolute atomic E-state index is 13.0. The fourth-order valence-electron chi connectivity index (χ4n) is 3.54. The van der Waals surface area contributed by atoms with Crippen molar-refractivity contribution in [1.29, 1.82) is 0 Å². The van der Waals surface area contributed by atoms with Crippen molar-refractivity contribution in [1.82, 2.24) is 9.80 Å². The van der Waals surface area contributed by atoms with Crippen LogP contribution in [0.1, 0.15) is 28.4 Å². The molecule has 29 heavy (non-hydrogen) atoms. The number of nitrogens with zero attached hydrogens (tertiary/aromatic N) is 2. The average molecular weight is 396 g/mol. The number of para-hydroxylation sites is 1. The summed E-state index contributed by atoms with van der Waals surface area (Å²) >= 11 is 0. The van der Waals surface area contributed by atoms with E-state index in [0.29, 0.717) is 43.2 Å². The molecule has 0 unspecified atom stereocenters. The molecule has 1 saturated heterocycles. The van der Waals surface area contributed by atoms with E-state index >= 15 is 0 Å². The molecule has 0 atom stereocenters. The first kappa shape index (κ1) is 20.7.